The Labute approximate surface area is 111 Å². The van der Waals surface area contributed by atoms with Gasteiger partial charge in [-0.15, -0.1) is 0 Å². The smallest absolute Gasteiger partial charge is 0.0790 e. The molecule has 1 N–H and O–H groups in total. The minimum absolute atomic E-state index is 0.644. The minimum atomic E-state index is 0.644. The molecular weight excluding hydrogens is 248 g/mol. The van der Waals surface area contributed by atoms with Crippen LogP contribution in [0.25, 0.3) is 5.69 Å². The number of rotatable bonds is 4. The molecule has 0 unspecified atom stereocenters. The zero-order valence-corrected chi connectivity index (χ0v) is 11.0. The maximum Gasteiger partial charge on any atom is 0.0790 e. The highest BCUT2D eigenvalue weighted by molar-refractivity contribution is 6.30. The second kappa shape index (κ2) is 4.71. The fraction of sp³-hybridized carbons (Fsp3) is 0.385. The van der Waals surface area contributed by atoms with E-state index < -0.39 is 0 Å². The fourth-order valence-electron chi connectivity index (χ4n) is 1.90. The van der Waals surface area contributed by atoms with Gasteiger partial charge in [0, 0.05) is 36.2 Å². The van der Waals surface area contributed by atoms with Crippen LogP contribution in [0.5, 0.6) is 0 Å². The van der Waals surface area contributed by atoms with Crippen LogP contribution in [0.2, 0.25) is 5.02 Å². The topological polar surface area (TPSA) is 42.7 Å². The molecule has 0 bridgehead atoms. The summed E-state index contributed by atoms with van der Waals surface area (Å²) >= 11 is 5.93. The summed E-state index contributed by atoms with van der Waals surface area (Å²) in [5.41, 5.74) is 3.17. The van der Waals surface area contributed by atoms with Gasteiger partial charge in [0.1, 0.15) is 0 Å². The molecule has 2 aromatic heterocycles. The van der Waals surface area contributed by atoms with E-state index in [1.165, 1.54) is 12.8 Å². The standard InChI is InChI=1S/C13H15ClN4/c1-9-4-13(18-8-11(14)7-17-18)10(5-15-9)6-16-12-2-3-12/h4-5,7-8,12,16H,2-3,6H2,1H3. The zero-order valence-electron chi connectivity index (χ0n) is 10.2. The summed E-state index contributed by atoms with van der Waals surface area (Å²) < 4.78 is 1.81. The Balaban J connectivity index is 1.91. The molecule has 94 valence electrons. The highest BCUT2D eigenvalue weighted by Gasteiger charge is 2.20. The van der Waals surface area contributed by atoms with Gasteiger partial charge < -0.3 is 5.32 Å². The van der Waals surface area contributed by atoms with Gasteiger partial charge in [0.05, 0.1) is 16.9 Å². The lowest BCUT2D eigenvalue weighted by Crippen LogP contribution is -2.17. The maximum absolute atomic E-state index is 5.93. The van der Waals surface area contributed by atoms with Gasteiger partial charge >= 0.3 is 0 Å². The summed E-state index contributed by atoms with van der Waals surface area (Å²) in [6.07, 6.45) is 7.94. The van der Waals surface area contributed by atoms with Gasteiger partial charge in [0.2, 0.25) is 0 Å². The van der Waals surface area contributed by atoms with Crippen LogP contribution in [0.15, 0.2) is 24.7 Å². The lowest BCUT2D eigenvalue weighted by Gasteiger charge is -2.10. The second-order valence-electron chi connectivity index (χ2n) is 4.71. The Kier molecular flexibility index (Phi) is 3.06. The average molecular weight is 263 g/mol. The van der Waals surface area contributed by atoms with E-state index in [1.54, 1.807) is 10.9 Å². The number of nitrogens with one attached hydrogen (secondary N) is 1. The third kappa shape index (κ3) is 2.54. The van der Waals surface area contributed by atoms with Crippen molar-refractivity contribution in [3.63, 3.8) is 0 Å². The molecule has 0 atom stereocenters. The van der Waals surface area contributed by atoms with E-state index >= 15 is 0 Å². The first-order chi connectivity index (χ1) is 8.72. The molecular formula is C13H15ClN4. The predicted molar refractivity (Wildman–Crippen MR) is 71.0 cm³/mol. The third-order valence-corrected chi connectivity index (χ3v) is 3.25. The molecule has 18 heavy (non-hydrogen) atoms. The molecule has 0 aromatic carbocycles. The Bertz CT molecular complexity index is 560. The van der Waals surface area contributed by atoms with Crippen LogP contribution in [0.3, 0.4) is 0 Å². The number of hydrogen-bond donors (Lipinski definition) is 1. The Morgan fingerprint density at radius 3 is 2.94 bits per heavy atom. The Morgan fingerprint density at radius 2 is 2.28 bits per heavy atom. The second-order valence-corrected chi connectivity index (χ2v) is 5.15. The van der Waals surface area contributed by atoms with Gasteiger partial charge in [0.25, 0.3) is 0 Å². The monoisotopic (exact) mass is 262 g/mol. The molecule has 0 amide bonds. The van der Waals surface area contributed by atoms with E-state index in [0.29, 0.717) is 11.1 Å². The largest absolute Gasteiger partial charge is 0.310 e. The molecule has 3 rings (SSSR count). The number of pyridine rings is 1. The van der Waals surface area contributed by atoms with Gasteiger partial charge in [-0.2, -0.15) is 5.10 Å². The van der Waals surface area contributed by atoms with Crippen LogP contribution >= 0.6 is 11.6 Å². The average Bonchev–Trinajstić information content (AvgIpc) is 3.09. The molecule has 5 heteroatoms. The van der Waals surface area contributed by atoms with Crippen molar-refractivity contribution in [1.29, 1.82) is 0 Å². The van der Waals surface area contributed by atoms with E-state index in [9.17, 15) is 0 Å². The van der Waals surface area contributed by atoms with Gasteiger partial charge in [-0.3, -0.25) is 4.98 Å². The van der Waals surface area contributed by atoms with Crippen LogP contribution in [0.1, 0.15) is 24.1 Å². The minimum Gasteiger partial charge on any atom is -0.310 e. The predicted octanol–water partition coefficient (Wildman–Crippen LogP) is 2.48. The molecule has 4 nitrogen and oxygen atoms in total. The van der Waals surface area contributed by atoms with Crippen LogP contribution in [0.4, 0.5) is 0 Å². The van der Waals surface area contributed by atoms with E-state index in [1.807, 2.05) is 25.4 Å². The van der Waals surface area contributed by atoms with Gasteiger partial charge in [-0.1, -0.05) is 11.6 Å². The SMILES string of the molecule is Cc1cc(-n2cc(Cl)cn2)c(CNC2CC2)cn1. The molecule has 1 aliphatic carbocycles. The van der Waals surface area contributed by atoms with Crippen LogP contribution in [-0.2, 0) is 6.54 Å². The van der Waals surface area contributed by atoms with Crippen molar-refractivity contribution in [3.05, 3.63) is 40.9 Å². The van der Waals surface area contributed by atoms with Crippen molar-refractivity contribution >= 4 is 11.6 Å². The molecule has 0 aliphatic heterocycles. The number of aromatic nitrogens is 3. The van der Waals surface area contributed by atoms with E-state index in [0.717, 1.165) is 23.5 Å². The zero-order chi connectivity index (χ0) is 12.5. The van der Waals surface area contributed by atoms with Crippen molar-refractivity contribution in [3.8, 4) is 5.69 Å². The summed E-state index contributed by atoms with van der Waals surface area (Å²) in [4.78, 5) is 4.36. The molecule has 0 saturated heterocycles. The number of hydrogen-bond acceptors (Lipinski definition) is 3. The molecule has 0 spiro atoms. The highest BCUT2D eigenvalue weighted by atomic mass is 35.5. The van der Waals surface area contributed by atoms with Crippen LogP contribution in [-0.4, -0.2) is 20.8 Å². The molecule has 0 radical (unpaired) electrons. The third-order valence-electron chi connectivity index (χ3n) is 3.06. The first kappa shape index (κ1) is 11.7. The first-order valence-corrected chi connectivity index (χ1v) is 6.49. The molecule has 2 aromatic rings. The lowest BCUT2D eigenvalue weighted by atomic mass is 10.2. The Morgan fingerprint density at radius 1 is 1.44 bits per heavy atom. The molecule has 1 saturated carbocycles. The van der Waals surface area contributed by atoms with Gasteiger partial charge in [-0.25, -0.2) is 4.68 Å². The van der Waals surface area contributed by atoms with Gasteiger partial charge in [-0.05, 0) is 25.8 Å². The number of halogens is 1. The van der Waals surface area contributed by atoms with Crippen LogP contribution < -0.4 is 5.32 Å². The fourth-order valence-corrected chi connectivity index (χ4v) is 2.03. The molecule has 1 fully saturated rings. The van der Waals surface area contributed by atoms with Crippen molar-refractivity contribution in [2.45, 2.75) is 32.4 Å². The Hall–Kier alpha value is -1.39. The summed E-state index contributed by atoms with van der Waals surface area (Å²) in [5, 5.41) is 8.40. The molecule has 2 heterocycles. The lowest BCUT2D eigenvalue weighted by molar-refractivity contribution is 0.678. The number of nitrogens with zero attached hydrogens (tertiary/aromatic N) is 3. The summed E-state index contributed by atoms with van der Waals surface area (Å²) in [7, 11) is 0. The summed E-state index contributed by atoms with van der Waals surface area (Å²) in [5.74, 6) is 0. The highest BCUT2D eigenvalue weighted by Crippen LogP contribution is 2.21. The molecule has 1 aliphatic rings. The van der Waals surface area contributed by atoms with Crippen molar-refractivity contribution in [2.24, 2.45) is 0 Å². The maximum atomic E-state index is 5.93. The van der Waals surface area contributed by atoms with Gasteiger partial charge in [0.15, 0.2) is 0 Å². The first-order valence-electron chi connectivity index (χ1n) is 6.12. The van der Waals surface area contributed by atoms with Crippen molar-refractivity contribution in [2.75, 3.05) is 0 Å². The van der Waals surface area contributed by atoms with Crippen molar-refractivity contribution < 1.29 is 0 Å². The van der Waals surface area contributed by atoms with E-state index in [2.05, 4.69) is 15.4 Å². The number of aryl methyl sites for hydroxylation is 1. The van der Waals surface area contributed by atoms with Crippen LogP contribution in [0, 0.1) is 6.92 Å². The van der Waals surface area contributed by atoms with E-state index in [-0.39, 0.29) is 0 Å². The quantitative estimate of drug-likeness (QED) is 0.921. The normalized spacial score (nSPS) is 15.0. The van der Waals surface area contributed by atoms with E-state index in [4.69, 9.17) is 11.6 Å². The summed E-state index contributed by atoms with van der Waals surface area (Å²) in [6, 6.07) is 2.72. The van der Waals surface area contributed by atoms with Crippen molar-refractivity contribution in [1.82, 2.24) is 20.1 Å². The summed E-state index contributed by atoms with van der Waals surface area (Å²) in [6.45, 7) is 2.80.